The van der Waals surface area contributed by atoms with E-state index in [-0.39, 0.29) is 11.9 Å². The van der Waals surface area contributed by atoms with Crippen molar-refractivity contribution >= 4 is 5.97 Å². The van der Waals surface area contributed by atoms with Crippen molar-refractivity contribution < 1.29 is 9.53 Å². The highest BCUT2D eigenvalue weighted by Gasteiger charge is 2.29. The number of aryl methyl sites for hydroxylation is 1. The molecule has 0 saturated carbocycles. The first-order valence-electron chi connectivity index (χ1n) is 6.03. The topological polar surface area (TPSA) is 47.4 Å². The van der Waals surface area contributed by atoms with Crippen LogP contribution in [0, 0.1) is 5.92 Å². The molecule has 1 unspecified atom stereocenters. The second-order valence-corrected chi connectivity index (χ2v) is 4.41. The van der Waals surface area contributed by atoms with Gasteiger partial charge >= 0.3 is 5.97 Å². The maximum Gasteiger partial charge on any atom is 0.310 e. The lowest BCUT2D eigenvalue weighted by molar-refractivity contribution is -0.144. The summed E-state index contributed by atoms with van der Waals surface area (Å²) in [5.74, 6) is -0.0468. The largest absolute Gasteiger partial charge is 0.469 e. The van der Waals surface area contributed by atoms with Crippen LogP contribution in [0.4, 0.5) is 0 Å². The number of likely N-dealkylation sites (tertiary alicyclic amines) is 1. The van der Waals surface area contributed by atoms with Crippen LogP contribution in [-0.4, -0.2) is 40.6 Å². The minimum absolute atomic E-state index is 0.0398. The number of carbonyl (C=O) groups is 1. The molecule has 1 saturated heterocycles. The Morgan fingerprint density at radius 1 is 1.65 bits per heavy atom. The summed E-state index contributed by atoms with van der Waals surface area (Å²) in [7, 11) is 1.46. The third-order valence-corrected chi connectivity index (χ3v) is 3.33. The van der Waals surface area contributed by atoms with Crippen LogP contribution >= 0.6 is 0 Å². The molecule has 0 aromatic carbocycles. The monoisotopic (exact) mass is 237 g/mol. The highest BCUT2D eigenvalue weighted by atomic mass is 16.5. The molecule has 1 aliphatic heterocycles. The Morgan fingerprint density at radius 3 is 3.18 bits per heavy atom. The molecule has 1 aromatic rings. The van der Waals surface area contributed by atoms with Crippen molar-refractivity contribution in [2.24, 2.45) is 5.92 Å². The van der Waals surface area contributed by atoms with Gasteiger partial charge in [-0.3, -0.25) is 9.69 Å². The minimum atomic E-state index is -0.0866. The maximum absolute atomic E-state index is 11.4. The molecule has 0 N–H and O–H groups in total. The van der Waals surface area contributed by atoms with Gasteiger partial charge in [0.25, 0.3) is 0 Å². The lowest BCUT2D eigenvalue weighted by Crippen LogP contribution is -2.24. The second kappa shape index (κ2) is 5.31. The van der Waals surface area contributed by atoms with Gasteiger partial charge in [-0.2, -0.15) is 0 Å². The summed E-state index contributed by atoms with van der Waals surface area (Å²) in [6, 6.07) is 0. The molecule has 5 heteroatoms. The Bertz CT molecular complexity index is 389. The predicted octanol–water partition coefficient (Wildman–Crippen LogP) is 0.898. The summed E-state index contributed by atoms with van der Waals surface area (Å²) in [4.78, 5) is 17.9. The molecule has 17 heavy (non-hydrogen) atoms. The quantitative estimate of drug-likeness (QED) is 0.730. The second-order valence-electron chi connectivity index (χ2n) is 4.41. The number of methoxy groups -OCH3 is 1. The van der Waals surface area contributed by atoms with E-state index in [4.69, 9.17) is 4.74 Å². The van der Waals surface area contributed by atoms with Crippen LogP contribution in [0.3, 0.4) is 0 Å². The van der Waals surface area contributed by atoms with Crippen molar-refractivity contribution in [2.45, 2.75) is 26.4 Å². The summed E-state index contributed by atoms with van der Waals surface area (Å²) in [6.07, 6.45) is 4.64. The van der Waals surface area contributed by atoms with E-state index in [0.29, 0.717) is 0 Å². The average Bonchev–Trinajstić information content (AvgIpc) is 2.97. The van der Waals surface area contributed by atoms with Gasteiger partial charge in [-0.1, -0.05) is 0 Å². The molecule has 0 bridgehead atoms. The number of nitrogens with zero attached hydrogens (tertiary/aromatic N) is 3. The van der Waals surface area contributed by atoms with E-state index in [2.05, 4.69) is 21.4 Å². The van der Waals surface area contributed by atoms with E-state index in [1.54, 1.807) is 0 Å². The van der Waals surface area contributed by atoms with Gasteiger partial charge in [0.15, 0.2) is 0 Å². The molecule has 1 aromatic heterocycles. The van der Waals surface area contributed by atoms with Crippen molar-refractivity contribution in [2.75, 3.05) is 20.2 Å². The van der Waals surface area contributed by atoms with Crippen molar-refractivity contribution in [3.8, 4) is 0 Å². The van der Waals surface area contributed by atoms with E-state index >= 15 is 0 Å². The Balaban J connectivity index is 1.92. The number of esters is 1. The molecule has 0 aliphatic carbocycles. The Kier molecular flexibility index (Phi) is 3.78. The van der Waals surface area contributed by atoms with E-state index in [1.165, 1.54) is 12.8 Å². The van der Waals surface area contributed by atoms with Gasteiger partial charge in [0.1, 0.15) is 0 Å². The molecule has 2 rings (SSSR count). The fraction of sp³-hybridized carbons (Fsp3) is 0.667. The molecule has 5 nitrogen and oxygen atoms in total. The average molecular weight is 237 g/mol. The lowest BCUT2D eigenvalue weighted by Gasteiger charge is -2.16. The summed E-state index contributed by atoms with van der Waals surface area (Å²) < 4.78 is 6.91. The fourth-order valence-electron chi connectivity index (χ4n) is 2.33. The number of hydrogen-bond donors (Lipinski definition) is 0. The number of hydrogen-bond acceptors (Lipinski definition) is 4. The van der Waals surface area contributed by atoms with Gasteiger partial charge in [0.05, 0.1) is 25.0 Å². The van der Waals surface area contributed by atoms with Crippen LogP contribution in [0.25, 0.3) is 0 Å². The SMILES string of the molecule is CCn1cncc1CN1CCC(C(=O)OC)C1. The van der Waals surface area contributed by atoms with Gasteiger partial charge < -0.3 is 9.30 Å². The fourth-order valence-corrected chi connectivity index (χ4v) is 2.33. The number of carbonyl (C=O) groups excluding carboxylic acids is 1. The first kappa shape index (κ1) is 12.1. The molecule has 0 amide bonds. The van der Waals surface area contributed by atoms with Gasteiger partial charge in [-0.15, -0.1) is 0 Å². The zero-order valence-electron chi connectivity index (χ0n) is 10.4. The molecule has 1 fully saturated rings. The number of imidazole rings is 1. The number of ether oxygens (including phenoxy) is 1. The van der Waals surface area contributed by atoms with Gasteiger partial charge in [0.2, 0.25) is 0 Å². The van der Waals surface area contributed by atoms with E-state index in [0.717, 1.165) is 32.6 Å². The van der Waals surface area contributed by atoms with Crippen molar-refractivity contribution in [3.05, 3.63) is 18.2 Å². The molecular formula is C12H19N3O2. The summed E-state index contributed by atoms with van der Waals surface area (Å²) in [5.41, 5.74) is 1.21. The molecule has 0 spiro atoms. The molecule has 1 aliphatic rings. The molecule has 94 valence electrons. The smallest absolute Gasteiger partial charge is 0.310 e. The minimum Gasteiger partial charge on any atom is -0.469 e. The zero-order valence-corrected chi connectivity index (χ0v) is 10.4. The highest BCUT2D eigenvalue weighted by molar-refractivity contribution is 5.72. The number of aromatic nitrogens is 2. The van der Waals surface area contributed by atoms with Crippen molar-refractivity contribution in [1.29, 1.82) is 0 Å². The van der Waals surface area contributed by atoms with Crippen LogP contribution < -0.4 is 0 Å². The normalized spacial score (nSPS) is 20.7. The van der Waals surface area contributed by atoms with Gasteiger partial charge in [-0.25, -0.2) is 4.98 Å². The van der Waals surface area contributed by atoms with Gasteiger partial charge in [0, 0.05) is 25.8 Å². The lowest BCUT2D eigenvalue weighted by atomic mass is 10.1. The molecular weight excluding hydrogens is 218 g/mol. The van der Waals surface area contributed by atoms with Crippen molar-refractivity contribution in [3.63, 3.8) is 0 Å². The van der Waals surface area contributed by atoms with Crippen LogP contribution in [0.1, 0.15) is 19.0 Å². The Labute approximate surface area is 101 Å². The molecule has 1 atom stereocenters. The number of rotatable bonds is 4. The third kappa shape index (κ3) is 2.66. The highest BCUT2D eigenvalue weighted by Crippen LogP contribution is 2.19. The Morgan fingerprint density at radius 2 is 2.47 bits per heavy atom. The van der Waals surface area contributed by atoms with Crippen LogP contribution in [0.2, 0.25) is 0 Å². The maximum atomic E-state index is 11.4. The van der Waals surface area contributed by atoms with Crippen LogP contribution in [-0.2, 0) is 22.6 Å². The van der Waals surface area contributed by atoms with Gasteiger partial charge in [-0.05, 0) is 19.9 Å². The third-order valence-electron chi connectivity index (χ3n) is 3.33. The first-order chi connectivity index (χ1) is 8.24. The van der Waals surface area contributed by atoms with Crippen LogP contribution in [0.5, 0.6) is 0 Å². The van der Waals surface area contributed by atoms with Crippen molar-refractivity contribution in [1.82, 2.24) is 14.5 Å². The van der Waals surface area contributed by atoms with E-state index in [9.17, 15) is 4.79 Å². The van der Waals surface area contributed by atoms with E-state index < -0.39 is 0 Å². The predicted molar refractivity (Wildman–Crippen MR) is 63.3 cm³/mol. The molecule has 2 heterocycles. The van der Waals surface area contributed by atoms with Crippen LogP contribution in [0.15, 0.2) is 12.5 Å². The summed E-state index contributed by atoms with van der Waals surface area (Å²) in [5, 5.41) is 0. The standard InChI is InChI=1S/C12H19N3O2/c1-3-15-9-13-6-11(15)8-14-5-4-10(7-14)12(16)17-2/h6,9-10H,3-5,7-8H2,1-2H3. The molecule has 0 radical (unpaired) electrons. The zero-order chi connectivity index (χ0) is 12.3. The Hall–Kier alpha value is -1.36. The summed E-state index contributed by atoms with van der Waals surface area (Å²) >= 11 is 0. The summed E-state index contributed by atoms with van der Waals surface area (Å²) in [6.45, 7) is 5.65. The first-order valence-corrected chi connectivity index (χ1v) is 6.03. The van der Waals surface area contributed by atoms with E-state index in [1.807, 2.05) is 12.5 Å².